The van der Waals surface area contributed by atoms with Crippen molar-refractivity contribution in [3.8, 4) is 28.8 Å². The third kappa shape index (κ3) is 5.75. The number of nitrogens with zero attached hydrogens (tertiary/aromatic N) is 3. The van der Waals surface area contributed by atoms with Crippen molar-refractivity contribution in [2.75, 3.05) is 7.11 Å². The molecule has 0 fully saturated rings. The molecule has 1 amide bonds. The van der Waals surface area contributed by atoms with Gasteiger partial charge in [0.1, 0.15) is 11.3 Å². The topological polar surface area (TPSA) is 120 Å². The van der Waals surface area contributed by atoms with Crippen LogP contribution in [-0.2, 0) is 10.0 Å². The summed E-state index contributed by atoms with van der Waals surface area (Å²) in [5, 5.41) is -0.262. The van der Waals surface area contributed by atoms with E-state index >= 15 is 0 Å². The number of aryl methyl sites for hydroxylation is 4. The van der Waals surface area contributed by atoms with Crippen molar-refractivity contribution in [2.45, 2.75) is 32.7 Å². The summed E-state index contributed by atoms with van der Waals surface area (Å²) in [5.41, 5.74) is 4.34. The Morgan fingerprint density at radius 2 is 1.65 bits per heavy atom. The van der Waals surface area contributed by atoms with Crippen molar-refractivity contribution in [1.82, 2.24) is 19.7 Å². The van der Waals surface area contributed by atoms with Crippen molar-refractivity contribution in [1.29, 1.82) is 0 Å². The lowest BCUT2D eigenvalue weighted by Crippen LogP contribution is -2.31. The third-order valence-corrected chi connectivity index (χ3v) is 6.75. The van der Waals surface area contributed by atoms with Gasteiger partial charge in [-0.05, 0) is 69.2 Å². The van der Waals surface area contributed by atoms with Crippen LogP contribution in [-0.4, -0.2) is 36.4 Å². The van der Waals surface area contributed by atoms with E-state index in [0.717, 1.165) is 16.7 Å². The van der Waals surface area contributed by atoms with Crippen LogP contribution in [0, 0.1) is 27.7 Å². The summed E-state index contributed by atoms with van der Waals surface area (Å²) in [6.07, 6.45) is 1.58. The molecular formula is C27H26N4O5S. The van der Waals surface area contributed by atoms with Gasteiger partial charge in [0.25, 0.3) is 15.9 Å². The molecule has 3 aromatic heterocycles. The zero-order valence-electron chi connectivity index (χ0n) is 21.1. The molecule has 0 aliphatic rings. The van der Waals surface area contributed by atoms with E-state index in [0.29, 0.717) is 28.6 Å². The maximum Gasteiger partial charge on any atom is 0.281 e. The Hall–Kier alpha value is -4.31. The zero-order chi connectivity index (χ0) is 26.7. The van der Waals surface area contributed by atoms with Gasteiger partial charge in [0.2, 0.25) is 11.8 Å². The van der Waals surface area contributed by atoms with Gasteiger partial charge >= 0.3 is 0 Å². The number of hydrogen-bond acceptors (Lipinski definition) is 8. The zero-order valence-corrected chi connectivity index (χ0v) is 21.9. The number of sulfonamides is 1. The van der Waals surface area contributed by atoms with E-state index in [1.807, 2.05) is 32.9 Å². The number of aromatic nitrogens is 3. The number of pyridine rings is 3. The SMILES string of the molecule is COc1ccc(-c2ccc(C(=O)NS(=O)(=O)c3cccc(C)n3)c(Oc3c(C)cc(C)cc3C)n2)cn1. The molecule has 4 rings (SSSR count). The molecule has 1 aromatic carbocycles. The molecule has 3 heterocycles. The number of rotatable bonds is 7. The number of nitrogens with one attached hydrogen (secondary N) is 1. The fourth-order valence-electron chi connectivity index (χ4n) is 3.83. The van der Waals surface area contributed by atoms with E-state index in [1.165, 1.54) is 19.2 Å². The Morgan fingerprint density at radius 3 is 2.27 bits per heavy atom. The first kappa shape index (κ1) is 25.8. The molecular weight excluding hydrogens is 492 g/mol. The molecule has 4 aromatic rings. The van der Waals surface area contributed by atoms with Crippen LogP contribution in [0.15, 0.2) is 65.8 Å². The summed E-state index contributed by atoms with van der Waals surface area (Å²) in [5.74, 6) is 0.0263. The monoisotopic (exact) mass is 518 g/mol. The Kier molecular flexibility index (Phi) is 7.21. The van der Waals surface area contributed by atoms with E-state index < -0.39 is 15.9 Å². The molecule has 0 aliphatic heterocycles. The average molecular weight is 519 g/mol. The van der Waals surface area contributed by atoms with Crippen molar-refractivity contribution >= 4 is 15.9 Å². The minimum absolute atomic E-state index is 0.0479. The first-order chi connectivity index (χ1) is 17.6. The van der Waals surface area contributed by atoms with Gasteiger partial charge in [0.05, 0.1) is 12.8 Å². The predicted molar refractivity (Wildman–Crippen MR) is 138 cm³/mol. The van der Waals surface area contributed by atoms with E-state index in [4.69, 9.17) is 9.47 Å². The molecule has 0 unspecified atom stereocenters. The van der Waals surface area contributed by atoms with Gasteiger partial charge < -0.3 is 9.47 Å². The predicted octanol–water partition coefficient (Wildman–Crippen LogP) is 4.69. The van der Waals surface area contributed by atoms with E-state index in [9.17, 15) is 13.2 Å². The standard InChI is InChI=1S/C27H26N4O5S/c1-16-13-17(2)25(18(3)14-16)36-27-21(10-11-22(30-27)20-9-12-23(35-5)28-15-20)26(32)31-37(33,34)24-8-6-7-19(4)29-24/h6-15H,1-5H3,(H,31,32). The number of methoxy groups -OCH3 is 1. The number of hydrogen-bond donors (Lipinski definition) is 1. The minimum Gasteiger partial charge on any atom is -0.481 e. The van der Waals surface area contributed by atoms with Crippen molar-refractivity contribution in [3.05, 3.63) is 88.7 Å². The highest BCUT2D eigenvalue weighted by Gasteiger charge is 2.24. The molecule has 37 heavy (non-hydrogen) atoms. The van der Waals surface area contributed by atoms with Gasteiger partial charge in [-0.15, -0.1) is 0 Å². The first-order valence-corrected chi connectivity index (χ1v) is 12.8. The number of amides is 1. The van der Waals surface area contributed by atoms with Crippen LogP contribution in [0.2, 0.25) is 0 Å². The molecule has 0 radical (unpaired) electrons. The lowest BCUT2D eigenvalue weighted by molar-refractivity contribution is 0.0978. The summed E-state index contributed by atoms with van der Waals surface area (Å²) in [6, 6.07) is 15.0. The fourth-order valence-corrected chi connectivity index (χ4v) is 4.81. The number of benzene rings is 1. The summed E-state index contributed by atoms with van der Waals surface area (Å²) < 4.78 is 39.1. The number of carbonyl (C=O) groups is 1. The summed E-state index contributed by atoms with van der Waals surface area (Å²) in [4.78, 5) is 26.0. The molecule has 1 N–H and O–H groups in total. The lowest BCUT2D eigenvalue weighted by Gasteiger charge is -2.16. The van der Waals surface area contributed by atoms with Crippen LogP contribution in [0.25, 0.3) is 11.3 Å². The first-order valence-electron chi connectivity index (χ1n) is 11.4. The van der Waals surface area contributed by atoms with Gasteiger partial charge in [-0.1, -0.05) is 23.8 Å². The van der Waals surface area contributed by atoms with Crippen LogP contribution in [0.3, 0.4) is 0 Å². The largest absolute Gasteiger partial charge is 0.481 e. The fraction of sp³-hybridized carbons (Fsp3) is 0.185. The lowest BCUT2D eigenvalue weighted by atomic mass is 10.1. The minimum atomic E-state index is -4.23. The highest BCUT2D eigenvalue weighted by molar-refractivity contribution is 7.90. The third-order valence-electron chi connectivity index (χ3n) is 5.51. The quantitative estimate of drug-likeness (QED) is 0.374. The molecule has 190 valence electrons. The average Bonchev–Trinajstić information content (AvgIpc) is 2.86. The highest BCUT2D eigenvalue weighted by Crippen LogP contribution is 2.32. The van der Waals surface area contributed by atoms with Crippen LogP contribution in [0.5, 0.6) is 17.5 Å². The maximum absolute atomic E-state index is 13.2. The molecule has 0 aliphatic carbocycles. The molecule has 9 nitrogen and oxygen atoms in total. The molecule has 0 saturated carbocycles. The Morgan fingerprint density at radius 1 is 0.919 bits per heavy atom. The maximum atomic E-state index is 13.2. The van der Waals surface area contributed by atoms with Crippen molar-refractivity contribution in [3.63, 3.8) is 0 Å². The van der Waals surface area contributed by atoms with Gasteiger partial charge in [-0.25, -0.2) is 19.7 Å². The second kappa shape index (κ2) is 10.4. The summed E-state index contributed by atoms with van der Waals surface area (Å²) in [6.45, 7) is 7.42. The van der Waals surface area contributed by atoms with E-state index in [-0.39, 0.29) is 16.5 Å². The van der Waals surface area contributed by atoms with Gasteiger partial charge in [0, 0.05) is 23.5 Å². The Balaban J connectivity index is 1.77. The van der Waals surface area contributed by atoms with Crippen LogP contribution < -0.4 is 14.2 Å². The number of carbonyl (C=O) groups excluding carboxylic acids is 1. The second-order valence-electron chi connectivity index (χ2n) is 8.52. The molecule has 0 atom stereocenters. The molecule has 0 bridgehead atoms. The smallest absolute Gasteiger partial charge is 0.281 e. The van der Waals surface area contributed by atoms with E-state index in [1.54, 1.807) is 43.5 Å². The van der Waals surface area contributed by atoms with Crippen LogP contribution in [0.1, 0.15) is 32.7 Å². The normalized spacial score (nSPS) is 11.2. The summed E-state index contributed by atoms with van der Waals surface area (Å²) in [7, 11) is -2.71. The van der Waals surface area contributed by atoms with Gasteiger partial charge in [-0.2, -0.15) is 8.42 Å². The van der Waals surface area contributed by atoms with Crippen molar-refractivity contribution < 1.29 is 22.7 Å². The molecule has 10 heteroatoms. The Bertz CT molecular complexity index is 1560. The Labute approximate surface area is 215 Å². The number of ether oxygens (including phenoxy) is 2. The summed E-state index contributed by atoms with van der Waals surface area (Å²) >= 11 is 0. The van der Waals surface area contributed by atoms with Gasteiger partial charge in [-0.3, -0.25) is 4.79 Å². The van der Waals surface area contributed by atoms with Crippen LogP contribution >= 0.6 is 0 Å². The van der Waals surface area contributed by atoms with E-state index in [2.05, 4.69) is 19.7 Å². The van der Waals surface area contributed by atoms with Crippen LogP contribution in [0.4, 0.5) is 0 Å². The van der Waals surface area contributed by atoms with Crippen molar-refractivity contribution in [2.24, 2.45) is 0 Å². The molecule has 0 spiro atoms. The van der Waals surface area contributed by atoms with Gasteiger partial charge in [0.15, 0.2) is 5.03 Å². The highest BCUT2D eigenvalue weighted by atomic mass is 32.2. The second-order valence-corrected chi connectivity index (χ2v) is 10.1. The molecule has 0 saturated heterocycles.